The number of rotatable bonds is 5. The lowest BCUT2D eigenvalue weighted by Gasteiger charge is -2.12. The molecule has 0 saturated carbocycles. The summed E-state index contributed by atoms with van der Waals surface area (Å²) in [6, 6.07) is 0. The first-order chi connectivity index (χ1) is 8.20. The second kappa shape index (κ2) is 5.60. The van der Waals surface area contributed by atoms with Crippen LogP contribution in [0.25, 0.3) is 0 Å². The molecule has 1 aliphatic heterocycles. The fraction of sp³-hybridized carbons (Fsp3) is 0.667. The highest BCUT2D eigenvalue weighted by molar-refractivity contribution is 7.13. The molecule has 1 aliphatic rings. The minimum absolute atomic E-state index is 0.159. The summed E-state index contributed by atoms with van der Waals surface area (Å²) in [6.45, 7) is 5.61. The number of hydrogen-bond acceptors (Lipinski definition) is 4. The Bertz CT molecular complexity index is 393. The van der Waals surface area contributed by atoms with E-state index in [0.717, 1.165) is 35.0 Å². The standard InChI is InChI=1S/C12H20N4S/c1-2-9-11(12(13)14)17-10(15-9)5-8-16-6-3-4-7-16/h2-8H2,1H3,(H3,13,14). The Kier molecular flexibility index (Phi) is 4.12. The maximum atomic E-state index is 7.53. The van der Waals surface area contributed by atoms with Gasteiger partial charge in [-0.3, -0.25) is 5.41 Å². The largest absolute Gasteiger partial charge is 0.383 e. The maximum absolute atomic E-state index is 7.53. The van der Waals surface area contributed by atoms with Crippen molar-refractivity contribution in [3.8, 4) is 0 Å². The van der Waals surface area contributed by atoms with Gasteiger partial charge in [-0.25, -0.2) is 4.98 Å². The van der Waals surface area contributed by atoms with E-state index in [4.69, 9.17) is 11.1 Å². The van der Waals surface area contributed by atoms with Gasteiger partial charge in [0.25, 0.3) is 0 Å². The zero-order chi connectivity index (χ0) is 12.3. The van der Waals surface area contributed by atoms with E-state index in [2.05, 4.69) is 16.8 Å². The summed E-state index contributed by atoms with van der Waals surface area (Å²) in [4.78, 5) is 7.93. The Morgan fingerprint density at radius 3 is 2.71 bits per heavy atom. The second-order valence-electron chi connectivity index (χ2n) is 4.45. The van der Waals surface area contributed by atoms with Gasteiger partial charge in [0.05, 0.1) is 15.6 Å². The Morgan fingerprint density at radius 2 is 2.18 bits per heavy atom. The van der Waals surface area contributed by atoms with E-state index in [1.807, 2.05) is 0 Å². The van der Waals surface area contributed by atoms with E-state index in [9.17, 15) is 0 Å². The molecule has 0 amide bonds. The van der Waals surface area contributed by atoms with Crippen LogP contribution in [0.1, 0.15) is 35.3 Å². The molecule has 0 unspecified atom stereocenters. The molecular formula is C12H20N4S. The fourth-order valence-corrected chi connectivity index (χ4v) is 3.22. The number of nitrogen functional groups attached to an aromatic ring is 1. The monoisotopic (exact) mass is 252 g/mol. The lowest BCUT2D eigenvalue weighted by atomic mass is 10.3. The van der Waals surface area contributed by atoms with Crippen molar-refractivity contribution >= 4 is 17.2 Å². The summed E-state index contributed by atoms with van der Waals surface area (Å²) in [7, 11) is 0. The van der Waals surface area contributed by atoms with E-state index in [1.54, 1.807) is 11.3 Å². The average Bonchev–Trinajstić information content (AvgIpc) is 2.95. The Hall–Kier alpha value is -0.940. The number of nitrogens with two attached hydrogens (primary N) is 1. The van der Waals surface area contributed by atoms with Gasteiger partial charge in [0.2, 0.25) is 0 Å². The third-order valence-electron chi connectivity index (χ3n) is 3.16. The van der Waals surface area contributed by atoms with E-state index in [-0.39, 0.29) is 5.84 Å². The number of nitrogens with zero attached hydrogens (tertiary/aromatic N) is 2. The topological polar surface area (TPSA) is 66.0 Å². The van der Waals surface area contributed by atoms with Crippen molar-refractivity contribution in [2.45, 2.75) is 32.6 Å². The first-order valence-corrected chi connectivity index (χ1v) is 7.07. The molecule has 0 spiro atoms. The van der Waals surface area contributed by atoms with Gasteiger partial charge in [-0.15, -0.1) is 11.3 Å². The molecule has 0 bridgehead atoms. The summed E-state index contributed by atoms with van der Waals surface area (Å²) in [5.41, 5.74) is 6.55. The minimum Gasteiger partial charge on any atom is -0.383 e. The molecule has 2 rings (SSSR count). The Morgan fingerprint density at radius 1 is 1.47 bits per heavy atom. The third kappa shape index (κ3) is 3.04. The smallest absolute Gasteiger partial charge is 0.135 e. The van der Waals surface area contributed by atoms with Crippen LogP contribution in [0.4, 0.5) is 0 Å². The predicted octanol–water partition coefficient (Wildman–Crippen LogP) is 1.63. The number of amidine groups is 1. The van der Waals surface area contributed by atoms with Gasteiger partial charge < -0.3 is 10.6 Å². The highest BCUT2D eigenvalue weighted by Crippen LogP contribution is 2.20. The molecule has 4 nitrogen and oxygen atoms in total. The molecular weight excluding hydrogens is 232 g/mol. The van der Waals surface area contributed by atoms with Crippen LogP contribution in [-0.4, -0.2) is 35.4 Å². The van der Waals surface area contributed by atoms with Crippen molar-refractivity contribution in [2.75, 3.05) is 19.6 Å². The molecule has 2 heterocycles. The maximum Gasteiger partial charge on any atom is 0.135 e. The number of thiazole rings is 1. The van der Waals surface area contributed by atoms with Crippen molar-refractivity contribution in [2.24, 2.45) is 5.73 Å². The number of aryl methyl sites for hydroxylation is 1. The summed E-state index contributed by atoms with van der Waals surface area (Å²) in [5, 5.41) is 8.65. The van der Waals surface area contributed by atoms with E-state index in [0.29, 0.717) is 0 Å². The van der Waals surface area contributed by atoms with E-state index in [1.165, 1.54) is 25.9 Å². The van der Waals surface area contributed by atoms with Crippen molar-refractivity contribution < 1.29 is 0 Å². The van der Waals surface area contributed by atoms with Crippen molar-refractivity contribution in [3.63, 3.8) is 0 Å². The number of hydrogen-bond donors (Lipinski definition) is 2. The third-order valence-corrected chi connectivity index (χ3v) is 4.35. The average molecular weight is 252 g/mol. The van der Waals surface area contributed by atoms with Crippen LogP contribution in [0.3, 0.4) is 0 Å². The van der Waals surface area contributed by atoms with E-state index >= 15 is 0 Å². The van der Waals surface area contributed by atoms with Crippen LogP contribution in [0, 0.1) is 5.41 Å². The van der Waals surface area contributed by atoms with Gasteiger partial charge in [-0.05, 0) is 32.4 Å². The molecule has 17 heavy (non-hydrogen) atoms. The van der Waals surface area contributed by atoms with E-state index < -0.39 is 0 Å². The molecule has 1 fully saturated rings. The molecule has 94 valence electrons. The number of aromatic nitrogens is 1. The quantitative estimate of drug-likeness (QED) is 0.618. The predicted molar refractivity (Wildman–Crippen MR) is 71.9 cm³/mol. The second-order valence-corrected chi connectivity index (χ2v) is 5.53. The molecule has 1 aromatic heterocycles. The molecule has 1 aromatic rings. The van der Waals surface area contributed by atoms with Crippen LogP contribution in [0.2, 0.25) is 0 Å². The highest BCUT2D eigenvalue weighted by atomic mass is 32.1. The molecule has 3 N–H and O–H groups in total. The highest BCUT2D eigenvalue weighted by Gasteiger charge is 2.15. The van der Waals surface area contributed by atoms with Crippen molar-refractivity contribution in [1.82, 2.24) is 9.88 Å². The molecule has 0 radical (unpaired) electrons. The van der Waals surface area contributed by atoms with Crippen LogP contribution in [-0.2, 0) is 12.8 Å². The number of likely N-dealkylation sites (tertiary alicyclic amines) is 1. The Balaban J connectivity index is 1.98. The van der Waals surface area contributed by atoms with Gasteiger partial charge in [0.15, 0.2) is 0 Å². The van der Waals surface area contributed by atoms with Gasteiger partial charge >= 0.3 is 0 Å². The zero-order valence-corrected chi connectivity index (χ0v) is 11.1. The molecule has 1 saturated heterocycles. The van der Waals surface area contributed by atoms with Crippen molar-refractivity contribution in [1.29, 1.82) is 5.41 Å². The molecule has 0 aromatic carbocycles. The summed E-state index contributed by atoms with van der Waals surface area (Å²) >= 11 is 1.59. The van der Waals surface area contributed by atoms with Gasteiger partial charge in [0.1, 0.15) is 5.84 Å². The van der Waals surface area contributed by atoms with Crippen LogP contribution in [0.15, 0.2) is 0 Å². The first kappa shape index (κ1) is 12.5. The van der Waals surface area contributed by atoms with Crippen LogP contribution < -0.4 is 5.73 Å². The summed E-state index contributed by atoms with van der Waals surface area (Å²) in [6.07, 6.45) is 4.51. The zero-order valence-electron chi connectivity index (χ0n) is 10.3. The fourth-order valence-electron chi connectivity index (χ4n) is 2.22. The molecule has 0 atom stereocenters. The summed E-state index contributed by atoms with van der Waals surface area (Å²) in [5.74, 6) is 0.159. The SMILES string of the molecule is CCc1nc(CCN2CCCC2)sc1C(=N)N. The lowest BCUT2D eigenvalue weighted by molar-refractivity contribution is 0.343. The Labute approximate surface area is 106 Å². The lowest BCUT2D eigenvalue weighted by Crippen LogP contribution is -2.21. The van der Waals surface area contributed by atoms with Gasteiger partial charge in [-0.2, -0.15) is 0 Å². The normalized spacial score (nSPS) is 16.5. The van der Waals surface area contributed by atoms with Gasteiger partial charge in [0, 0.05) is 13.0 Å². The number of nitrogens with one attached hydrogen (secondary N) is 1. The van der Waals surface area contributed by atoms with Gasteiger partial charge in [-0.1, -0.05) is 6.92 Å². The van der Waals surface area contributed by atoms with Crippen LogP contribution in [0.5, 0.6) is 0 Å². The summed E-state index contributed by atoms with van der Waals surface area (Å²) < 4.78 is 0. The minimum atomic E-state index is 0.159. The molecule has 0 aliphatic carbocycles. The van der Waals surface area contributed by atoms with Crippen LogP contribution >= 0.6 is 11.3 Å². The van der Waals surface area contributed by atoms with Crippen molar-refractivity contribution in [3.05, 3.63) is 15.6 Å². The first-order valence-electron chi connectivity index (χ1n) is 6.26. The molecule has 5 heteroatoms.